The maximum absolute atomic E-state index is 13.5. The molecule has 1 aromatic carbocycles. The molecule has 3 nitrogen and oxygen atoms in total. The number of hydrogen-bond acceptors (Lipinski definition) is 2. The summed E-state index contributed by atoms with van der Waals surface area (Å²) in [6.07, 6.45) is -3.93. The average Bonchev–Trinajstić information content (AvgIpc) is 3.01. The van der Waals surface area contributed by atoms with E-state index in [1.165, 1.54) is 4.90 Å². The van der Waals surface area contributed by atoms with Crippen molar-refractivity contribution in [1.82, 2.24) is 4.90 Å². The Morgan fingerprint density at radius 1 is 1.26 bits per heavy atom. The predicted octanol–water partition coefficient (Wildman–Crippen LogP) is 4.22. The molecule has 0 N–H and O–H groups in total. The fourth-order valence-corrected chi connectivity index (χ4v) is 3.19. The molecule has 3 rings (SSSR count). The van der Waals surface area contributed by atoms with Gasteiger partial charge in [0.2, 0.25) is 0 Å². The third-order valence-corrected chi connectivity index (χ3v) is 4.44. The number of nitrogens with zero attached hydrogens (tertiary/aromatic N) is 1. The van der Waals surface area contributed by atoms with Crippen LogP contribution >= 0.6 is 0 Å². The van der Waals surface area contributed by atoms with Gasteiger partial charge in [-0.3, -0.25) is 4.79 Å². The average molecular weight is 325 g/mol. The number of ether oxygens (including phenoxy) is 1. The molecule has 0 fully saturated rings. The predicted molar refractivity (Wildman–Crippen MR) is 79.6 cm³/mol. The van der Waals surface area contributed by atoms with Gasteiger partial charge in [0.1, 0.15) is 0 Å². The van der Waals surface area contributed by atoms with E-state index in [0.717, 1.165) is 11.6 Å². The summed E-state index contributed by atoms with van der Waals surface area (Å²) in [5.74, 6) is 0.295. The van der Waals surface area contributed by atoms with Crippen LogP contribution in [0.1, 0.15) is 54.2 Å². The quantitative estimate of drug-likeness (QED) is 0.815. The highest BCUT2D eigenvalue weighted by Crippen LogP contribution is 2.41. The Hall–Kier alpha value is -1.98. The van der Waals surface area contributed by atoms with Gasteiger partial charge in [0.05, 0.1) is 17.9 Å². The van der Waals surface area contributed by atoms with Gasteiger partial charge in [-0.1, -0.05) is 0 Å². The van der Waals surface area contributed by atoms with Crippen LogP contribution in [0.3, 0.4) is 0 Å². The molecule has 6 heteroatoms. The maximum Gasteiger partial charge on any atom is 0.416 e. The Kier molecular flexibility index (Phi) is 3.65. The van der Waals surface area contributed by atoms with Gasteiger partial charge >= 0.3 is 6.18 Å². The lowest BCUT2D eigenvalue weighted by molar-refractivity contribution is -0.138. The Morgan fingerprint density at radius 3 is 2.48 bits per heavy atom. The molecule has 0 unspecified atom stereocenters. The molecule has 0 aliphatic carbocycles. The van der Waals surface area contributed by atoms with Gasteiger partial charge < -0.3 is 9.64 Å². The van der Waals surface area contributed by atoms with Gasteiger partial charge in [-0.25, -0.2) is 0 Å². The lowest BCUT2D eigenvalue weighted by Gasteiger charge is -2.20. The number of halogens is 3. The highest BCUT2D eigenvalue weighted by atomic mass is 19.4. The second kappa shape index (κ2) is 5.28. The van der Waals surface area contributed by atoms with Crippen molar-refractivity contribution in [3.05, 3.63) is 40.1 Å². The van der Waals surface area contributed by atoms with Gasteiger partial charge in [-0.15, -0.1) is 0 Å². The fraction of sp³-hybridized carbons (Fsp3) is 0.471. The summed E-state index contributed by atoms with van der Waals surface area (Å²) >= 11 is 0. The first kappa shape index (κ1) is 15.9. The molecule has 2 aliphatic heterocycles. The fourth-order valence-electron chi connectivity index (χ4n) is 3.19. The van der Waals surface area contributed by atoms with E-state index in [1.807, 2.05) is 0 Å². The standard InChI is InChI=1S/C17H18F3NO2/c1-9(2)21-8-14-13(16(21)22)6-11(7-15(14)17(18,19)20)12-4-5-23-10(12)3/h6-7,9H,4-5,8H2,1-3H3. The molecule has 2 aliphatic rings. The van der Waals surface area contributed by atoms with Crippen molar-refractivity contribution in [2.45, 2.75) is 46.0 Å². The maximum atomic E-state index is 13.5. The largest absolute Gasteiger partial charge is 0.498 e. The molecule has 2 heterocycles. The van der Waals surface area contributed by atoms with Crippen LogP contribution in [0.4, 0.5) is 13.2 Å². The lowest BCUT2D eigenvalue weighted by Crippen LogP contribution is -2.30. The molecule has 0 spiro atoms. The summed E-state index contributed by atoms with van der Waals surface area (Å²) in [4.78, 5) is 13.9. The number of amides is 1. The second-order valence-electron chi connectivity index (χ2n) is 6.21. The molecule has 0 saturated heterocycles. The molecule has 0 saturated carbocycles. The minimum atomic E-state index is -4.48. The Labute approximate surface area is 132 Å². The molecule has 124 valence electrons. The summed E-state index contributed by atoms with van der Waals surface area (Å²) in [7, 11) is 0. The number of fused-ring (bicyclic) bond motifs is 1. The first-order valence-electron chi connectivity index (χ1n) is 7.58. The minimum Gasteiger partial charge on any atom is -0.498 e. The third-order valence-electron chi connectivity index (χ3n) is 4.44. The van der Waals surface area contributed by atoms with E-state index in [-0.39, 0.29) is 29.6 Å². The van der Waals surface area contributed by atoms with Crippen molar-refractivity contribution in [2.75, 3.05) is 6.61 Å². The highest BCUT2D eigenvalue weighted by Gasteiger charge is 2.41. The van der Waals surface area contributed by atoms with Crippen LogP contribution in [0.2, 0.25) is 0 Å². The zero-order chi connectivity index (χ0) is 16.9. The molecular weight excluding hydrogens is 307 g/mol. The Bertz CT molecular complexity index is 705. The van der Waals surface area contributed by atoms with Crippen molar-refractivity contribution in [3.63, 3.8) is 0 Å². The van der Waals surface area contributed by atoms with Crippen molar-refractivity contribution in [2.24, 2.45) is 0 Å². The van der Waals surface area contributed by atoms with Gasteiger partial charge in [-0.2, -0.15) is 13.2 Å². The molecule has 0 radical (unpaired) electrons. The summed E-state index contributed by atoms with van der Waals surface area (Å²) in [6, 6.07) is 2.60. The molecule has 0 atom stereocenters. The Balaban J connectivity index is 2.19. The van der Waals surface area contributed by atoms with Crippen LogP contribution in [0.5, 0.6) is 0 Å². The third kappa shape index (κ3) is 2.60. The van der Waals surface area contributed by atoms with E-state index in [1.54, 1.807) is 26.8 Å². The number of rotatable bonds is 2. The number of carbonyl (C=O) groups excluding carboxylic acids is 1. The van der Waals surface area contributed by atoms with Crippen LogP contribution in [0.25, 0.3) is 5.57 Å². The van der Waals surface area contributed by atoms with Crippen molar-refractivity contribution in [3.8, 4) is 0 Å². The number of hydrogen-bond donors (Lipinski definition) is 0. The first-order chi connectivity index (χ1) is 10.7. The summed E-state index contributed by atoms with van der Waals surface area (Å²) in [5.41, 5.74) is 0.709. The van der Waals surface area contributed by atoms with E-state index < -0.39 is 11.7 Å². The molecule has 23 heavy (non-hydrogen) atoms. The van der Waals surface area contributed by atoms with E-state index in [4.69, 9.17) is 4.74 Å². The summed E-state index contributed by atoms with van der Waals surface area (Å²) in [5, 5.41) is 0. The normalized spacial score (nSPS) is 18.0. The zero-order valence-electron chi connectivity index (χ0n) is 13.3. The summed E-state index contributed by atoms with van der Waals surface area (Å²) < 4.78 is 45.8. The summed E-state index contributed by atoms with van der Waals surface area (Å²) in [6.45, 7) is 5.82. The van der Waals surface area contributed by atoms with Crippen LogP contribution in [-0.4, -0.2) is 23.5 Å². The van der Waals surface area contributed by atoms with Gasteiger partial charge in [0, 0.05) is 30.1 Å². The topological polar surface area (TPSA) is 29.5 Å². The number of allylic oxidation sites excluding steroid dienone is 1. The van der Waals surface area contributed by atoms with Crippen molar-refractivity contribution in [1.29, 1.82) is 0 Å². The first-order valence-corrected chi connectivity index (χ1v) is 7.58. The SMILES string of the molecule is CC1=C(c2cc3c(c(C(F)(F)F)c2)CN(C(C)C)C3=O)CCO1. The van der Waals surface area contributed by atoms with Crippen molar-refractivity contribution >= 4 is 11.5 Å². The van der Waals surface area contributed by atoms with Crippen LogP contribution in [0, 0.1) is 0 Å². The van der Waals surface area contributed by atoms with Crippen molar-refractivity contribution < 1.29 is 22.7 Å². The van der Waals surface area contributed by atoms with E-state index in [9.17, 15) is 18.0 Å². The number of carbonyl (C=O) groups is 1. The Morgan fingerprint density at radius 2 is 1.96 bits per heavy atom. The lowest BCUT2D eigenvalue weighted by atomic mass is 9.94. The van der Waals surface area contributed by atoms with Gasteiger partial charge in [0.15, 0.2) is 0 Å². The van der Waals surface area contributed by atoms with E-state index >= 15 is 0 Å². The highest BCUT2D eigenvalue weighted by molar-refractivity contribution is 6.00. The molecular formula is C17H18F3NO2. The van der Waals surface area contributed by atoms with Crippen LogP contribution < -0.4 is 0 Å². The van der Waals surface area contributed by atoms with E-state index in [2.05, 4.69) is 0 Å². The van der Waals surface area contributed by atoms with Gasteiger partial charge in [0.25, 0.3) is 5.91 Å². The number of alkyl halides is 3. The van der Waals surface area contributed by atoms with Crippen LogP contribution in [0.15, 0.2) is 17.9 Å². The molecule has 1 amide bonds. The number of benzene rings is 1. The van der Waals surface area contributed by atoms with Crippen LogP contribution in [-0.2, 0) is 17.5 Å². The smallest absolute Gasteiger partial charge is 0.416 e. The molecule has 0 bridgehead atoms. The van der Waals surface area contributed by atoms with Gasteiger partial charge in [-0.05, 0) is 44.0 Å². The van der Waals surface area contributed by atoms with E-state index in [0.29, 0.717) is 24.4 Å². The molecule has 0 aromatic heterocycles. The molecule has 1 aromatic rings. The second-order valence-corrected chi connectivity index (χ2v) is 6.21. The minimum absolute atomic E-state index is 0.00941. The zero-order valence-corrected chi connectivity index (χ0v) is 13.3. The monoisotopic (exact) mass is 325 g/mol.